The van der Waals surface area contributed by atoms with E-state index in [1.54, 1.807) is 6.08 Å². The van der Waals surface area contributed by atoms with Gasteiger partial charge in [-0.05, 0) is 42.5 Å². The highest BCUT2D eigenvalue weighted by atomic mass is 16.8. The highest BCUT2D eigenvalue weighted by molar-refractivity contribution is 6.12. The van der Waals surface area contributed by atoms with Crippen LogP contribution >= 0.6 is 0 Å². The first kappa shape index (κ1) is 23.2. The quantitative estimate of drug-likeness (QED) is 0.317. The monoisotopic (exact) mass is 518 g/mol. The Morgan fingerprint density at radius 1 is 1.11 bits per heavy atom. The predicted octanol–water partition coefficient (Wildman–Crippen LogP) is 0.130. The first-order chi connectivity index (χ1) is 18.2. The number of aliphatic hydroxyl groups excluding tert-OH is 1. The lowest BCUT2D eigenvalue weighted by atomic mass is 9.89. The van der Waals surface area contributed by atoms with E-state index in [2.05, 4.69) is 21.1 Å². The summed E-state index contributed by atoms with van der Waals surface area (Å²) in [6, 6.07) is 2.06. The van der Waals surface area contributed by atoms with Crippen molar-refractivity contribution >= 4 is 33.5 Å². The zero-order valence-electron chi connectivity index (χ0n) is 20.7. The molecule has 7 rings (SSSR count). The van der Waals surface area contributed by atoms with Crippen LogP contribution in [0.15, 0.2) is 40.3 Å². The normalized spacial score (nSPS) is 28.1. The molecule has 38 heavy (non-hydrogen) atoms. The van der Waals surface area contributed by atoms with E-state index in [1.807, 2.05) is 37.9 Å². The van der Waals surface area contributed by atoms with E-state index >= 15 is 0 Å². The fourth-order valence-corrected chi connectivity index (χ4v) is 6.04. The van der Waals surface area contributed by atoms with Crippen LogP contribution in [-0.4, -0.2) is 55.6 Å². The molecule has 2 saturated heterocycles. The lowest BCUT2D eigenvalue weighted by Gasteiger charge is -2.31. The van der Waals surface area contributed by atoms with Gasteiger partial charge in [-0.1, -0.05) is 0 Å². The number of aliphatic hydroxyl groups is 1. The van der Waals surface area contributed by atoms with Gasteiger partial charge in [0.1, 0.15) is 31.6 Å². The minimum absolute atomic E-state index is 0.423. The molecule has 5 heterocycles. The molecule has 4 aromatic rings. The first-order valence-electron chi connectivity index (χ1n) is 12.2. The zero-order valence-corrected chi connectivity index (χ0v) is 20.7. The average Bonchev–Trinajstić information content (AvgIpc) is 3.56. The second-order valence-electron chi connectivity index (χ2n) is 9.96. The van der Waals surface area contributed by atoms with Crippen molar-refractivity contribution in [3.8, 4) is 0 Å². The molecule has 0 radical (unpaired) electrons. The van der Waals surface area contributed by atoms with E-state index in [4.69, 9.17) is 14.2 Å². The summed E-state index contributed by atoms with van der Waals surface area (Å²) in [7, 11) is 1.95. The SMILES string of the molecule is Cc1c2cc[n+](C)cc2c(C)c2c3c([nH]c12)C=CC(=O)[C@@]31O[C@@H]2[C@H](O1)[C@@H](CO)O[C@H]2n1ncc(=O)[nH]c1=O. The Kier molecular flexibility index (Phi) is 4.74. The third-order valence-corrected chi connectivity index (χ3v) is 7.79. The standard InChI is InChI=1S/C26H23N5O7/c1-11-14-9-30(3)7-6-13(14)12(2)21-19(11)20-15(28-21)4-5-17(33)26(20)37-22-16(10-32)36-24(23(22)38-26)31-25(35)29-18(34)8-27-31/h4-9,16,22-24,32H,10H2,1-3H3,(H,29,34,35)/p+1/t16-,22-,23-,24-,26-/m1/s1. The van der Waals surface area contributed by atoms with E-state index in [0.717, 1.165) is 43.7 Å². The summed E-state index contributed by atoms with van der Waals surface area (Å²) in [6.45, 7) is 3.57. The number of H-pyrrole nitrogens is 2. The van der Waals surface area contributed by atoms with Crippen molar-refractivity contribution in [1.82, 2.24) is 19.7 Å². The van der Waals surface area contributed by atoms with Gasteiger partial charge in [-0.25, -0.2) is 9.36 Å². The molecular formula is C26H24N5O7+. The molecule has 3 aromatic heterocycles. The third kappa shape index (κ3) is 2.91. The van der Waals surface area contributed by atoms with Crippen molar-refractivity contribution in [2.24, 2.45) is 7.05 Å². The number of rotatable bonds is 2. The molecule has 3 aliphatic rings. The van der Waals surface area contributed by atoms with Crippen molar-refractivity contribution in [2.45, 2.75) is 44.2 Å². The van der Waals surface area contributed by atoms with Crippen LogP contribution in [0.3, 0.4) is 0 Å². The van der Waals surface area contributed by atoms with Gasteiger partial charge in [0.25, 0.3) is 11.3 Å². The number of benzene rings is 1. The molecule has 2 aliphatic heterocycles. The zero-order chi connectivity index (χ0) is 26.5. The lowest BCUT2D eigenvalue weighted by Crippen LogP contribution is -2.42. The van der Waals surface area contributed by atoms with Gasteiger partial charge in [-0.15, -0.1) is 0 Å². The second-order valence-corrected chi connectivity index (χ2v) is 9.96. The van der Waals surface area contributed by atoms with Crippen LogP contribution in [0.2, 0.25) is 0 Å². The maximum Gasteiger partial charge on any atom is 0.347 e. The molecule has 12 nitrogen and oxygen atoms in total. The van der Waals surface area contributed by atoms with E-state index in [0.29, 0.717) is 11.3 Å². The minimum atomic E-state index is -1.83. The molecule has 3 N–H and O–H groups in total. The van der Waals surface area contributed by atoms with Crippen molar-refractivity contribution in [1.29, 1.82) is 0 Å². The first-order valence-corrected chi connectivity index (χ1v) is 12.2. The molecular weight excluding hydrogens is 494 g/mol. The fraction of sp³-hybridized carbons (Fsp3) is 0.346. The van der Waals surface area contributed by atoms with Crippen molar-refractivity contribution in [3.63, 3.8) is 0 Å². The number of aromatic nitrogens is 5. The summed E-state index contributed by atoms with van der Waals surface area (Å²) in [5, 5.41) is 16.9. The molecule has 1 aromatic carbocycles. The van der Waals surface area contributed by atoms with Crippen LogP contribution in [0.5, 0.6) is 0 Å². The number of ketones is 1. The minimum Gasteiger partial charge on any atom is -0.394 e. The topological polar surface area (TPSA) is 152 Å². The van der Waals surface area contributed by atoms with Crippen LogP contribution in [-0.2, 0) is 31.8 Å². The Morgan fingerprint density at radius 3 is 2.66 bits per heavy atom. The van der Waals surface area contributed by atoms with Gasteiger partial charge < -0.3 is 24.3 Å². The van der Waals surface area contributed by atoms with E-state index < -0.39 is 54.0 Å². The Bertz CT molecular complexity index is 1840. The number of carbonyl (C=O) groups is 1. The Morgan fingerprint density at radius 2 is 1.89 bits per heavy atom. The second kappa shape index (κ2) is 7.77. The van der Waals surface area contributed by atoms with Crippen LogP contribution in [0.4, 0.5) is 0 Å². The largest absolute Gasteiger partial charge is 0.394 e. The van der Waals surface area contributed by atoms with Gasteiger partial charge in [-0.2, -0.15) is 9.78 Å². The predicted molar refractivity (Wildman–Crippen MR) is 132 cm³/mol. The van der Waals surface area contributed by atoms with Crippen LogP contribution in [0.1, 0.15) is 28.6 Å². The van der Waals surface area contributed by atoms with Crippen molar-refractivity contribution in [2.75, 3.05) is 6.61 Å². The number of pyridine rings is 1. The molecule has 0 amide bonds. The van der Waals surface area contributed by atoms with Crippen LogP contribution < -0.4 is 15.8 Å². The highest BCUT2D eigenvalue weighted by Crippen LogP contribution is 2.52. The summed E-state index contributed by atoms with van der Waals surface area (Å²) in [5.41, 5.74) is 2.57. The smallest absolute Gasteiger partial charge is 0.347 e. The molecule has 1 spiro atoms. The lowest BCUT2D eigenvalue weighted by molar-refractivity contribution is -0.670. The number of hydrogen-bond acceptors (Lipinski definition) is 8. The molecule has 5 atom stereocenters. The van der Waals surface area contributed by atoms with Crippen molar-refractivity contribution in [3.05, 3.63) is 74.0 Å². The number of nitrogens with zero attached hydrogens (tertiary/aromatic N) is 3. The fourth-order valence-electron chi connectivity index (χ4n) is 6.04. The maximum atomic E-state index is 13.6. The van der Waals surface area contributed by atoms with Crippen LogP contribution in [0.25, 0.3) is 27.8 Å². The van der Waals surface area contributed by atoms with E-state index in [-0.39, 0.29) is 0 Å². The number of fused-ring (bicyclic) bond motifs is 6. The Labute approximate surface area is 214 Å². The van der Waals surface area contributed by atoms with Gasteiger partial charge in [-0.3, -0.25) is 14.6 Å². The number of hydrogen-bond donors (Lipinski definition) is 3. The summed E-state index contributed by atoms with van der Waals surface area (Å²) in [5.74, 6) is -2.26. The molecule has 0 bridgehead atoms. The van der Waals surface area contributed by atoms with E-state index in [1.165, 1.54) is 6.08 Å². The molecule has 1 aliphatic carbocycles. The number of aryl methyl sites for hydroxylation is 3. The third-order valence-electron chi connectivity index (χ3n) is 7.79. The average molecular weight is 519 g/mol. The summed E-state index contributed by atoms with van der Waals surface area (Å²) in [4.78, 5) is 43.3. The van der Waals surface area contributed by atoms with Gasteiger partial charge in [0.2, 0.25) is 5.78 Å². The molecule has 2 fully saturated rings. The molecule has 194 valence electrons. The van der Waals surface area contributed by atoms with Gasteiger partial charge in [0, 0.05) is 22.5 Å². The van der Waals surface area contributed by atoms with Gasteiger partial charge >= 0.3 is 5.69 Å². The van der Waals surface area contributed by atoms with E-state index in [9.17, 15) is 19.5 Å². The van der Waals surface area contributed by atoms with Crippen molar-refractivity contribution < 1.29 is 28.7 Å². The Hall–Kier alpha value is -3.97. The Balaban J connectivity index is 1.45. The summed E-state index contributed by atoms with van der Waals surface area (Å²) in [6.07, 6.45) is 4.16. The maximum absolute atomic E-state index is 13.6. The number of carbonyl (C=O) groups excluding carboxylic acids is 1. The highest BCUT2D eigenvalue weighted by Gasteiger charge is 2.64. The van der Waals surface area contributed by atoms with Crippen LogP contribution in [0, 0.1) is 13.8 Å². The molecule has 0 unspecified atom stereocenters. The van der Waals surface area contributed by atoms with Gasteiger partial charge in [0.15, 0.2) is 18.6 Å². The number of ether oxygens (including phenoxy) is 3. The summed E-state index contributed by atoms with van der Waals surface area (Å²) >= 11 is 0. The number of nitrogens with one attached hydrogen (secondary N) is 2. The van der Waals surface area contributed by atoms with Gasteiger partial charge in [0.05, 0.1) is 17.7 Å². The summed E-state index contributed by atoms with van der Waals surface area (Å²) < 4.78 is 21.6. The molecule has 12 heteroatoms. The number of aromatic amines is 2. The molecule has 0 saturated carbocycles.